The predicted octanol–water partition coefficient (Wildman–Crippen LogP) is 3.73. The van der Waals surface area contributed by atoms with Gasteiger partial charge < -0.3 is 5.73 Å². The van der Waals surface area contributed by atoms with Gasteiger partial charge in [-0.25, -0.2) is 9.37 Å². The first-order valence-electron chi connectivity index (χ1n) is 5.04. The second-order valence-electron chi connectivity index (χ2n) is 4.07. The molecule has 0 unspecified atom stereocenters. The monoisotopic (exact) mass is 238 g/mol. The number of fused-ring (bicyclic) bond motifs is 1. The minimum atomic E-state index is -0.434. The van der Waals surface area contributed by atoms with Crippen molar-refractivity contribution in [1.82, 2.24) is 4.98 Å². The fourth-order valence-electron chi connectivity index (χ4n) is 1.59. The molecular formula is C12H12ClFN2. The number of nitrogens with two attached hydrogens (primary N) is 1. The Kier molecular flexibility index (Phi) is 2.72. The van der Waals surface area contributed by atoms with Crippen LogP contribution >= 0.6 is 11.6 Å². The zero-order valence-electron chi connectivity index (χ0n) is 9.09. The number of rotatable bonds is 1. The number of anilines is 1. The summed E-state index contributed by atoms with van der Waals surface area (Å²) in [5, 5.41) is 0.894. The number of aromatic nitrogens is 1. The molecule has 0 aliphatic rings. The lowest BCUT2D eigenvalue weighted by Gasteiger charge is -2.09. The van der Waals surface area contributed by atoms with E-state index in [4.69, 9.17) is 17.3 Å². The third-order valence-corrected chi connectivity index (χ3v) is 2.69. The molecule has 4 heteroatoms. The van der Waals surface area contributed by atoms with Crippen LogP contribution in [-0.4, -0.2) is 4.98 Å². The molecular weight excluding hydrogens is 227 g/mol. The van der Waals surface area contributed by atoms with Crippen LogP contribution in [-0.2, 0) is 0 Å². The maximum Gasteiger partial charge on any atom is 0.150 e. The molecule has 0 bridgehead atoms. The number of hydrogen-bond donors (Lipinski definition) is 1. The first-order chi connectivity index (χ1) is 7.49. The van der Waals surface area contributed by atoms with Crippen LogP contribution in [0.15, 0.2) is 18.2 Å². The zero-order chi connectivity index (χ0) is 11.9. The molecule has 1 aromatic carbocycles. The Balaban J connectivity index is 2.82. The number of nitrogen functional groups attached to an aromatic ring is 1. The fraction of sp³-hybridized carbons (Fsp3) is 0.250. The predicted molar refractivity (Wildman–Crippen MR) is 65.2 cm³/mol. The van der Waals surface area contributed by atoms with E-state index in [1.807, 2.05) is 13.8 Å². The Hall–Kier alpha value is -1.35. The van der Waals surface area contributed by atoms with Crippen LogP contribution in [0.4, 0.5) is 10.1 Å². The lowest BCUT2D eigenvalue weighted by molar-refractivity contribution is 0.635. The van der Waals surface area contributed by atoms with E-state index in [0.29, 0.717) is 16.1 Å². The largest absolute Gasteiger partial charge is 0.398 e. The molecule has 2 aromatic rings. The highest BCUT2D eigenvalue weighted by Crippen LogP contribution is 2.28. The van der Waals surface area contributed by atoms with Gasteiger partial charge >= 0.3 is 0 Å². The molecule has 0 atom stereocenters. The number of benzene rings is 1. The summed E-state index contributed by atoms with van der Waals surface area (Å²) in [5.41, 5.74) is 7.45. The number of pyridine rings is 1. The molecule has 1 heterocycles. The lowest BCUT2D eigenvalue weighted by Crippen LogP contribution is -1.99. The molecule has 0 aliphatic carbocycles. The third kappa shape index (κ3) is 1.83. The Morgan fingerprint density at radius 2 is 2.00 bits per heavy atom. The molecule has 2 rings (SSSR count). The Morgan fingerprint density at radius 1 is 1.31 bits per heavy atom. The number of hydrogen-bond acceptors (Lipinski definition) is 2. The lowest BCUT2D eigenvalue weighted by atomic mass is 10.1. The third-order valence-electron chi connectivity index (χ3n) is 2.48. The summed E-state index contributed by atoms with van der Waals surface area (Å²) in [5.74, 6) is -0.224. The van der Waals surface area contributed by atoms with E-state index < -0.39 is 5.82 Å². The van der Waals surface area contributed by atoms with Gasteiger partial charge in [0.2, 0.25) is 0 Å². The molecule has 0 spiro atoms. The van der Waals surface area contributed by atoms with Crippen LogP contribution in [0.5, 0.6) is 0 Å². The van der Waals surface area contributed by atoms with Crippen molar-refractivity contribution in [3.8, 4) is 0 Å². The summed E-state index contributed by atoms with van der Waals surface area (Å²) in [6.07, 6.45) is 0. The zero-order valence-corrected chi connectivity index (χ0v) is 9.85. The van der Waals surface area contributed by atoms with Crippen molar-refractivity contribution >= 4 is 28.2 Å². The molecule has 0 saturated carbocycles. The highest BCUT2D eigenvalue weighted by molar-refractivity contribution is 6.31. The SMILES string of the molecule is CC(C)c1cc(N)c2cc(Cl)cc(F)c2n1. The molecule has 84 valence electrons. The van der Waals surface area contributed by atoms with Gasteiger partial charge in [-0.15, -0.1) is 0 Å². The van der Waals surface area contributed by atoms with Gasteiger partial charge in [0.25, 0.3) is 0 Å². The summed E-state index contributed by atoms with van der Waals surface area (Å²) in [6, 6.07) is 4.65. The van der Waals surface area contributed by atoms with Crippen molar-refractivity contribution in [2.24, 2.45) is 0 Å². The van der Waals surface area contributed by atoms with Gasteiger partial charge in [-0.1, -0.05) is 25.4 Å². The van der Waals surface area contributed by atoms with Crippen molar-refractivity contribution in [1.29, 1.82) is 0 Å². The maximum atomic E-state index is 13.7. The van der Waals surface area contributed by atoms with Crippen molar-refractivity contribution < 1.29 is 4.39 Å². The van der Waals surface area contributed by atoms with Gasteiger partial charge in [0.05, 0.1) is 0 Å². The van der Waals surface area contributed by atoms with E-state index in [1.54, 1.807) is 12.1 Å². The Bertz CT molecular complexity index is 552. The van der Waals surface area contributed by atoms with Crippen molar-refractivity contribution in [3.05, 3.63) is 34.7 Å². The van der Waals surface area contributed by atoms with Gasteiger partial charge in [0.15, 0.2) is 5.82 Å². The fourth-order valence-corrected chi connectivity index (χ4v) is 1.80. The molecule has 2 N–H and O–H groups in total. The summed E-state index contributed by atoms with van der Waals surface area (Å²) in [7, 11) is 0. The number of nitrogens with zero attached hydrogens (tertiary/aromatic N) is 1. The van der Waals surface area contributed by atoms with E-state index in [1.165, 1.54) is 6.07 Å². The minimum absolute atomic E-state index is 0.210. The number of halogens is 2. The first kappa shape index (κ1) is 11.1. The molecule has 1 aromatic heterocycles. The van der Waals surface area contributed by atoms with Crippen LogP contribution < -0.4 is 5.73 Å². The minimum Gasteiger partial charge on any atom is -0.398 e. The van der Waals surface area contributed by atoms with Gasteiger partial charge in [-0.2, -0.15) is 0 Å². The van der Waals surface area contributed by atoms with Crippen molar-refractivity contribution in [3.63, 3.8) is 0 Å². The average Bonchev–Trinajstić information content (AvgIpc) is 2.19. The van der Waals surface area contributed by atoms with Crippen LogP contribution in [0, 0.1) is 5.82 Å². The van der Waals surface area contributed by atoms with E-state index in [2.05, 4.69) is 4.98 Å². The summed E-state index contributed by atoms with van der Waals surface area (Å²) < 4.78 is 13.7. The summed E-state index contributed by atoms with van der Waals surface area (Å²) in [6.45, 7) is 3.98. The molecule has 0 amide bonds. The molecule has 16 heavy (non-hydrogen) atoms. The standard InChI is InChI=1S/C12H12ClFN2/c1-6(2)11-5-10(15)8-3-7(13)4-9(14)12(8)16-11/h3-6H,1-2H3,(H2,15,16). The summed E-state index contributed by atoms with van der Waals surface area (Å²) >= 11 is 5.77. The summed E-state index contributed by atoms with van der Waals surface area (Å²) in [4.78, 5) is 4.26. The maximum absolute atomic E-state index is 13.7. The van der Waals surface area contributed by atoms with Crippen LogP contribution in [0.25, 0.3) is 10.9 Å². The van der Waals surface area contributed by atoms with Crippen LogP contribution in [0.3, 0.4) is 0 Å². The Labute approximate surface area is 98.2 Å². The molecule has 0 radical (unpaired) electrons. The quantitative estimate of drug-likeness (QED) is 0.822. The highest BCUT2D eigenvalue weighted by atomic mass is 35.5. The second-order valence-corrected chi connectivity index (χ2v) is 4.51. The van der Waals surface area contributed by atoms with E-state index in [-0.39, 0.29) is 11.4 Å². The van der Waals surface area contributed by atoms with Gasteiger partial charge in [0, 0.05) is 21.8 Å². The molecule has 2 nitrogen and oxygen atoms in total. The molecule has 0 saturated heterocycles. The van der Waals surface area contributed by atoms with E-state index >= 15 is 0 Å². The average molecular weight is 239 g/mol. The van der Waals surface area contributed by atoms with Gasteiger partial charge in [0.1, 0.15) is 5.52 Å². The van der Waals surface area contributed by atoms with Crippen molar-refractivity contribution in [2.75, 3.05) is 5.73 Å². The topological polar surface area (TPSA) is 38.9 Å². The van der Waals surface area contributed by atoms with Gasteiger partial charge in [-0.05, 0) is 24.1 Å². The van der Waals surface area contributed by atoms with Crippen molar-refractivity contribution in [2.45, 2.75) is 19.8 Å². The Morgan fingerprint density at radius 3 is 2.62 bits per heavy atom. The first-order valence-corrected chi connectivity index (χ1v) is 5.42. The van der Waals surface area contributed by atoms with Crippen LogP contribution in [0.2, 0.25) is 5.02 Å². The second kappa shape index (κ2) is 3.91. The molecule has 0 aliphatic heterocycles. The van der Waals surface area contributed by atoms with Gasteiger partial charge in [-0.3, -0.25) is 0 Å². The smallest absolute Gasteiger partial charge is 0.150 e. The normalized spacial score (nSPS) is 11.3. The van der Waals surface area contributed by atoms with E-state index in [0.717, 1.165) is 5.69 Å². The molecule has 0 fully saturated rings. The van der Waals surface area contributed by atoms with Crippen LogP contribution in [0.1, 0.15) is 25.5 Å². The van der Waals surface area contributed by atoms with E-state index in [9.17, 15) is 4.39 Å². The highest BCUT2D eigenvalue weighted by Gasteiger charge is 2.11.